The van der Waals surface area contributed by atoms with Crippen LogP contribution in [0.4, 0.5) is 4.79 Å². The predicted molar refractivity (Wildman–Crippen MR) is 40.2 cm³/mol. The maximum Gasteiger partial charge on any atom is 0.318 e. The minimum atomic E-state index is -0.132. The van der Waals surface area contributed by atoms with Gasteiger partial charge in [0.25, 0.3) is 0 Å². The summed E-state index contributed by atoms with van der Waals surface area (Å²) in [6.45, 7) is 4.27. The summed E-state index contributed by atoms with van der Waals surface area (Å²) in [4.78, 5) is 23.1. The van der Waals surface area contributed by atoms with Crippen molar-refractivity contribution in [3.8, 4) is 0 Å². The lowest BCUT2D eigenvalue weighted by Gasteiger charge is -2.10. The molecule has 1 aliphatic heterocycles. The van der Waals surface area contributed by atoms with Crippen molar-refractivity contribution in [1.82, 2.24) is 10.2 Å². The predicted octanol–water partition coefficient (Wildman–Crippen LogP) is -0.0109. The average Bonchev–Trinajstić information content (AvgIpc) is 2.09. The zero-order chi connectivity index (χ0) is 8.43. The van der Waals surface area contributed by atoms with E-state index in [0.29, 0.717) is 6.54 Å². The molecule has 1 heterocycles. The number of ketones is 1. The summed E-state index contributed by atoms with van der Waals surface area (Å²) in [6, 6.07) is 0.0366. The van der Waals surface area contributed by atoms with E-state index < -0.39 is 0 Å². The summed E-state index contributed by atoms with van der Waals surface area (Å²) in [7, 11) is 0. The molecule has 0 radical (unpaired) electrons. The molecule has 0 aromatic rings. The first-order valence-electron chi connectivity index (χ1n) is 3.64. The van der Waals surface area contributed by atoms with Gasteiger partial charge >= 0.3 is 6.03 Å². The number of amides is 2. The van der Waals surface area contributed by atoms with Gasteiger partial charge in [-0.3, -0.25) is 4.79 Å². The molecule has 1 unspecified atom stereocenters. The van der Waals surface area contributed by atoms with E-state index in [-0.39, 0.29) is 24.4 Å². The third-order valence-corrected chi connectivity index (χ3v) is 1.56. The van der Waals surface area contributed by atoms with Gasteiger partial charge in [0.1, 0.15) is 5.78 Å². The summed E-state index contributed by atoms with van der Waals surface area (Å²) in [5.41, 5.74) is 0. The molecular formula is C7H12N2O2. The molecule has 11 heavy (non-hydrogen) atoms. The molecule has 1 atom stereocenters. The fraction of sp³-hybridized carbons (Fsp3) is 0.714. The van der Waals surface area contributed by atoms with E-state index in [1.165, 1.54) is 11.8 Å². The topological polar surface area (TPSA) is 49.4 Å². The second-order valence-corrected chi connectivity index (χ2v) is 2.93. The first-order chi connectivity index (χ1) is 5.09. The Bertz CT molecular complexity index is 191. The molecule has 1 N–H and O–H groups in total. The number of nitrogens with zero attached hydrogens (tertiary/aromatic N) is 1. The zero-order valence-corrected chi connectivity index (χ0v) is 6.76. The third kappa shape index (κ3) is 1.93. The van der Waals surface area contributed by atoms with Crippen LogP contribution >= 0.6 is 0 Å². The first kappa shape index (κ1) is 8.04. The lowest BCUT2D eigenvalue weighted by molar-refractivity contribution is -0.117. The van der Waals surface area contributed by atoms with Crippen LogP contribution in [0.5, 0.6) is 0 Å². The molecule has 4 heteroatoms. The van der Waals surface area contributed by atoms with Gasteiger partial charge in [0.05, 0.1) is 6.54 Å². The minimum Gasteiger partial charge on any atom is -0.334 e. The number of hydrogen-bond donors (Lipinski definition) is 1. The molecule has 0 spiro atoms. The Morgan fingerprint density at radius 3 is 2.82 bits per heavy atom. The van der Waals surface area contributed by atoms with Crippen LogP contribution < -0.4 is 5.32 Å². The number of carbonyl (C=O) groups excluding carboxylic acids is 2. The largest absolute Gasteiger partial charge is 0.334 e. The smallest absolute Gasteiger partial charge is 0.318 e. The van der Waals surface area contributed by atoms with E-state index >= 15 is 0 Å². The van der Waals surface area contributed by atoms with Crippen LogP contribution in [0.25, 0.3) is 0 Å². The lowest BCUT2D eigenvalue weighted by atomic mass is 10.3. The van der Waals surface area contributed by atoms with Crippen LogP contribution in [0.3, 0.4) is 0 Å². The van der Waals surface area contributed by atoms with Crippen LogP contribution in [-0.2, 0) is 4.79 Å². The van der Waals surface area contributed by atoms with Gasteiger partial charge in [-0.05, 0) is 13.8 Å². The maximum absolute atomic E-state index is 11.0. The van der Waals surface area contributed by atoms with Gasteiger partial charge < -0.3 is 10.2 Å². The first-order valence-corrected chi connectivity index (χ1v) is 3.64. The van der Waals surface area contributed by atoms with E-state index in [2.05, 4.69) is 5.32 Å². The van der Waals surface area contributed by atoms with Crippen molar-refractivity contribution in [2.45, 2.75) is 19.9 Å². The van der Waals surface area contributed by atoms with Crippen molar-refractivity contribution in [1.29, 1.82) is 0 Å². The molecule has 0 aromatic heterocycles. The van der Waals surface area contributed by atoms with Crippen molar-refractivity contribution in [3.63, 3.8) is 0 Å². The fourth-order valence-corrected chi connectivity index (χ4v) is 1.17. The van der Waals surface area contributed by atoms with E-state index in [4.69, 9.17) is 0 Å². The highest BCUT2D eigenvalue weighted by molar-refractivity contribution is 5.85. The Kier molecular flexibility index (Phi) is 2.12. The summed E-state index contributed by atoms with van der Waals surface area (Å²) >= 11 is 0. The van der Waals surface area contributed by atoms with Crippen molar-refractivity contribution < 1.29 is 9.59 Å². The number of nitrogens with one attached hydrogen (secondary N) is 1. The van der Waals surface area contributed by atoms with Gasteiger partial charge in [-0.1, -0.05) is 0 Å². The highest BCUT2D eigenvalue weighted by Gasteiger charge is 2.25. The molecule has 62 valence electrons. The molecule has 0 aromatic carbocycles. The molecule has 1 saturated heterocycles. The van der Waals surface area contributed by atoms with E-state index in [9.17, 15) is 9.59 Å². The Morgan fingerprint density at radius 1 is 1.82 bits per heavy atom. The standard InChI is InChI=1S/C7H12N2O2/c1-5-3-9(4-6(2)10)7(11)8-5/h5H,3-4H2,1-2H3,(H,8,11). The second kappa shape index (κ2) is 2.90. The molecule has 4 nitrogen and oxygen atoms in total. The average molecular weight is 156 g/mol. The highest BCUT2D eigenvalue weighted by atomic mass is 16.2. The Labute approximate surface area is 65.6 Å². The third-order valence-electron chi connectivity index (χ3n) is 1.56. The summed E-state index contributed by atoms with van der Waals surface area (Å²) < 4.78 is 0. The molecule has 0 bridgehead atoms. The molecule has 1 fully saturated rings. The monoisotopic (exact) mass is 156 g/mol. The number of Topliss-reactive ketones (excluding diaryl/α,β-unsaturated/α-hetero) is 1. The number of rotatable bonds is 2. The van der Waals surface area contributed by atoms with Gasteiger partial charge in [0, 0.05) is 12.6 Å². The van der Waals surface area contributed by atoms with Crippen LogP contribution in [0.1, 0.15) is 13.8 Å². The Balaban J connectivity index is 2.47. The molecule has 0 saturated carbocycles. The zero-order valence-electron chi connectivity index (χ0n) is 6.76. The molecule has 0 aliphatic carbocycles. The summed E-state index contributed by atoms with van der Waals surface area (Å²) in [5, 5.41) is 2.71. The summed E-state index contributed by atoms with van der Waals surface area (Å²) in [5.74, 6) is 0.0225. The Morgan fingerprint density at radius 2 is 2.45 bits per heavy atom. The molecule has 1 aliphatic rings. The van der Waals surface area contributed by atoms with Gasteiger partial charge in [0.2, 0.25) is 0 Å². The van der Waals surface area contributed by atoms with Crippen LogP contribution in [0, 0.1) is 0 Å². The number of carbonyl (C=O) groups is 2. The molecule has 2 amide bonds. The van der Waals surface area contributed by atoms with Gasteiger partial charge in [-0.15, -0.1) is 0 Å². The highest BCUT2D eigenvalue weighted by Crippen LogP contribution is 2.01. The maximum atomic E-state index is 11.0. The van der Waals surface area contributed by atoms with Crippen molar-refractivity contribution >= 4 is 11.8 Å². The summed E-state index contributed by atoms with van der Waals surface area (Å²) in [6.07, 6.45) is 0. The molecular weight excluding hydrogens is 144 g/mol. The minimum absolute atomic E-state index is 0.0225. The van der Waals surface area contributed by atoms with Crippen molar-refractivity contribution in [3.05, 3.63) is 0 Å². The Hall–Kier alpha value is -1.06. The van der Waals surface area contributed by atoms with Gasteiger partial charge in [0.15, 0.2) is 0 Å². The molecule has 1 rings (SSSR count). The lowest BCUT2D eigenvalue weighted by Crippen LogP contribution is -2.32. The van der Waals surface area contributed by atoms with Crippen LogP contribution in [0.15, 0.2) is 0 Å². The van der Waals surface area contributed by atoms with Gasteiger partial charge in [-0.2, -0.15) is 0 Å². The number of hydrogen-bond acceptors (Lipinski definition) is 2. The van der Waals surface area contributed by atoms with E-state index in [1.807, 2.05) is 6.92 Å². The fourth-order valence-electron chi connectivity index (χ4n) is 1.17. The second-order valence-electron chi connectivity index (χ2n) is 2.93. The normalized spacial score (nSPS) is 23.6. The number of urea groups is 1. The van der Waals surface area contributed by atoms with Crippen molar-refractivity contribution in [2.75, 3.05) is 13.1 Å². The van der Waals surface area contributed by atoms with Crippen molar-refractivity contribution in [2.24, 2.45) is 0 Å². The van der Waals surface area contributed by atoms with Gasteiger partial charge in [-0.25, -0.2) is 4.79 Å². The van der Waals surface area contributed by atoms with Crippen LogP contribution in [0.2, 0.25) is 0 Å². The van der Waals surface area contributed by atoms with E-state index in [0.717, 1.165) is 0 Å². The van der Waals surface area contributed by atoms with E-state index in [1.54, 1.807) is 0 Å². The SMILES string of the molecule is CC(=O)CN1CC(C)NC1=O. The quantitative estimate of drug-likeness (QED) is 0.611. The van der Waals surface area contributed by atoms with Crippen LogP contribution in [-0.4, -0.2) is 35.8 Å².